The third-order valence-electron chi connectivity index (χ3n) is 2.50. The number of hydrogen-bond donors (Lipinski definition) is 3. The Bertz CT molecular complexity index is 719. The van der Waals surface area contributed by atoms with Gasteiger partial charge >= 0.3 is 5.97 Å². The number of carbonyl (C=O) groups is 2. The number of aromatic nitrogens is 1. The Kier molecular flexibility index (Phi) is 3.60. The normalized spacial score (nSPS) is 10.1. The number of halogens is 1. The van der Waals surface area contributed by atoms with Crippen molar-refractivity contribution in [3.63, 3.8) is 0 Å². The van der Waals surface area contributed by atoms with Crippen LogP contribution in [0.1, 0.15) is 20.7 Å². The Morgan fingerprint density at radius 1 is 1.20 bits per heavy atom. The van der Waals surface area contributed by atoms with Gasteiger partial charge in [0.1, 0.15) is 5.82 Å². The van der Waals surface area contributed by atoms with Crippen LogP contribution < -0.4 is 10.9 Å². The van der Waals surface area contributed by atoms with Gasteiger partial charge in [0.15, 0.2) is 0 Å². The molecule has 7 heteroatoms. The molecule has 0 fully saturated rings. The number of H-pyrrole nitrogens is 1. The molecule has 1 amide bonds. The van der Waals surface area contributed by atoms with Gasteiger partial charge < -0.3 is 15.4 Å². The SMILES string of the molecule is O=C(Nc1ccc(C(=O)O)c(F)c1)c1ccc(=O)[nH]c1. The summed E-state index contributed by atoms with van der Waals surface area (Å²) in [6.45, 7) is 0. The highest BCUT2D eigenvalue weighted by Crippen LogP contribution is 2.15. The number of hydrogen-bond acceptors (Lipinski definition) is 3. The largest absolute Gasteiger partial charge is 0.478 e. The summed E-state index contributed by atoms with van der Waals surface area (Å²) in [6.07, 6.45) is 1.22. The molecule has 0 radical (unpaired) electrons. The molecular formula is C13H9FN2O4. The summed E-state index contributed by atoms with van der Waals surface area (Å²) < 4.78 is 13.4. The van der Waals surface area contributed by atoms with Gasteiger partial charge in [0, 0.05) is 18.0 Å². The van der Waals surface area contributed by atoms with Crippen molar-refractivity contribution in [2.75, 3.05) is 5.32 Å². The maximum atomic E-state index is 13.4. The molecule has 0 aliphatic carbocycles. The lowest BCUT2D eigenvalue weighted by molar-refractivity contribution is 0.0692. The fourth-order valence-corrected chi connectivity index (χ4v) is 1.52. The van der Waals surface area contributed by atoms with Crippen molar-refractivity contribution in [2.45, 2.75) is 0 Å². The predicted molar refractivity (Wildman–Crippen MR) is 68.4 cm³/mol. The fourth-order valence-electron chi connectivity index (χ4n) is 1.52. The first kappa shape index (κ1) is 13.5. The van der Waals surface area contributed by atoms with E-state index in [1.165, 1.54) is 24.4 Å². The molecule has 20 heavy (non-hydrogen) atoms. The molecule has 0 saturated carbocycles. The van der Waals surface area contributed by atoms with Gasteiger partial charge in [-0.25, -0.2) is 9.18 Å². The first-order chi connectivity index (χ1) is 9.47. The molecule has 1 aromatic heterocycles. The van der Waals surface area contributed by atoms with Crippen molar-refractivity contribution in [3.05, 3.63) is 63.8 Å². The van der Waals surface area contributed by atoms with E-state index in [0.29, 0.717) is 0 Å². The van der Waals surface area contributed by atoms with Gasteiger partial charge in [-0.05, 0) is 24.3 Å². The van der Waals surface area contributed by atoms with Crippen LogP contribution in [0, 0.1) is 5.82 Å². The van der Waals surface area contributed by atoms with E-state index >= 15 is 0 Å². The number of pyridine rings is 1. The van der Waals surface area contributed by atoms with E-state index < -0.39 is 23.3 Å². The number of rotatable bonds is 3. The Morgan fingerprint density at radius 2 is 1.95 bits per heavy atom. The van der Waals surface area contributed by atoms with Crippen LogP contribution in [0.25, 0.3) is 0 Å². The standard InChI is InChI=1S/C13H9FN2O4/c14-10-5-8(2-3-9(10)13(19)20)16-12(18)7-1-4-11(17)15-6-7/h1-6H,(H,15,17)(H,16,18)(H,19,20). The quantitative estimate of drug-likeness (QED) is 0.790. The van der Waals surface area contributed by atoms with E-state index in [1.807, 2.05) is 0 Å². The molecule has 0 unspecified atom stereocenters. The van der Waals surface area contributed by atoms with Crippen molar-refractivity contribution in [1.82, 2.24) is 4.98 Å². The van der Waals surface area contributed by atoms with Gasteiger partial charge in [-0.15, -0.1) is 0 Å². The second kappa shape index (κ2) is 5.35. The molecule has 0 spiro atoms. The number of benzene rings is 1. The number of aromatic carboxylic acids is 1. The van der Waals surface area contributed by atoms with Crippen LogP contribution in [0.4, 0.5) is 10.1 Å². The Hall–Kier alpha value is -2.96. The molecule has 2 rings (SSSR count). The smallest absolute Gasteiger partial charge is 0.338 e. The number of amides is 1. The molecule has 3 N–H and O–H groups in total. The average Bonchev–Trinajstić information content (AvgIpc) is 2.39. The van der Waals surface area contributed by atoms with Crippen molar-refractivity contribution in [3.8, 4) is 0 Å². The average molecular weight is 276 g/mol. The highest BCUT2D eigenvalue weighted by molar-refractivity contribution is 6.04. The topological polar surface area (TPSA) is 99.3 Å². The van der Waals surface area contributed by atoms with Crippen molar-refractivity contribution >= 4 is 17.6 Å². The fraction of sp³-hybridized carbons (Fsp3) is 0. The predicted octanol–water partition coefficient (Wildman–Crippen LogP) is 1.46. The van der Waals surface area contributed by atoms with E-state index in [4.69, 9.17) is 5.11 Å². The molecule has 2 aromatic rings. The number of carbonyl (C=O) groups excluding carboxylic acids is 1. The molecule has 0 atom stereocenters. The summed E-state index contributed by atoms with van der Waals surface area (Å²) in [5, 5.41) is 11.1. The second-order valence-corrected chi connectivity index (χ2v) is 3.90. The van der Waals surface area contributed by atoms with E-state index in [-0.39, 0.29) is 16.8 Å². The van der Waals surface area contributed by atoms with Crippen molar-refractivity contribution in [1.29, 1.82) is 0 Å². The summed E-state index contributed by atoms with van der Waals surface area (Å²) in [7, 11) is 0. The second-order valence-electron chi connectivity index (χ2n) is 3.90. The van der Waals surface area contributed by atoms with Gasteiger partial charge in [-0.3, -0.25) is 9.59 Å². The first-order valence-electron chi connectivity index (χ1n) is 5.50. The van der Waals surface area contributed by atoms with Crippen molar-refractivity contribution < 1.29 is 19.1 Å². The summed E-state index contributed by atoms with van der Waals surface area (Å²) in [4.78, 5) is 35.6. The molecular weight excluding hydrogens is 267 g/mol. The summed E-state index contributed by atoms with van der Waals surface area (Å²) in [5.41, 5.74) is -0.526. The molecule has 6 nitrogen and oxygen atoms in total. The van der Waals surface area contributed by atoms with E-state index in [1.54, 1.807) is 0 Å². The highest BCUT2D eigenvalue weighted by Gasteiger charge is 2.12. The highest BCUT2D eigenvalue weighted by atomic mass is 19.1. The third kappa shape index (κ3) is 2.89. The maximum absolute atomic E-state index is 13.4. The van der Waals surface area contributed by atoms with Crippen LogP contribution in [0.2, 0.25) is 0 Å². The van der Waals surface area contributed by atoms with E-state index in [2.05, 4.69) is 10.3 Å². The monoisotopic (exact) mass is 276 g/mol. The number of carboxylic acids is 1. The molecule has 0 bridgehead atoms. The summed E-state index contributed by atoms with van der Waals surface area (Å²) in [5.74, 6) is -2.89. The van der Waals surface area contributed by atoms with Gasteiger partial charge in [0.05, 0.1) is 11.1 Å². The Morgan fingerprint density at radius 3 is 2.50 bits per heavy atom. The van der Waals surface area contributed by atoms with Gasteiger partial charge in [-0.2, -0.15) is 0 Å². The lowest BCUT2D eigenvalue weighted by atomic mass is 10.2. The summed E-state index contributed by atoms with van der Waals surface area (Å²) >= 11 is 0. The zero-order valence-electron chi connectivity index (χ0n) is 10.0. The van der Waals surface area contributed by atoms with Crippen molar-refractivity contribution in [2.24, 2.45) is 0 Å². The lowest BCUT2D eigenvalue weighted by Crippen LogP contribution is -2.15. The van der Waals surface area contributed by atoms with Crippen LogP contribution in [0.5, 0.6) is 0 Å². The lowest BCUT2D eigenvalue weighted by Gasteiger charge is -2.06. The Balaban J connectivity index is 2.20. The molecule has 0 aliphatic rings. The Labute approximate surface area is 111 Å². The van der Waals surface area contributed by atoms with Crippen LogP contribution in [-0.4, -0.2) is 22.0 Å². The molecule has 102 valence electrons. The molecule has 0 saturated heterocycles. The third-order valence-corrected chi connectivity index (χ3v) is 2.50. The minimum Gasteiger partial charge on any atom is -0.478 e. The minimum absolute atomic E-state index is 0.115. The van der Waals surface area contributed by atoms with Gasteiger partial charge in [0.25, 0.3) is 5.91 Å². The maximum Gasteiger partial charge on any atom is 0.338 e. The number of aromatic amines is 1. The van der Waals surface area contributed by atoms with E-state index in [9.17, 15) is 18.8 Å². The van der Waals surface area contributed by atoms with E-state index in [0.717, 1.165) is 12.1 Å². The van der Waals surface area contributed by atoms with Crippen LogP contribution in [0.15, 0.2) is 41.3 Å². The minimum atomic E-state index is -1.39. The van der Waals surface area contributed by atoms with Gasteiger partial charge in [-0.1, -0.05) is 0 Å². The first-order valence-corrected chi connectivity index (χ1v) is 5.50. The van der Waals surface area contributed by atoms with Crippen LogP contribution in [0.3, 0.4) is 0 Å². The van der Waals surface area contributed by atoms with Crippen LogP contribution in [-0.2, 0) is 0 Å². The molecule has 1 aromatic carbocycles. The zero-order chi connectivity index (χ0) is 14.7. The van der Waals surface area contributed by atoms with Gasteiger partial charge in [0.2, 0.25) is 5.56 Å². The van der Waals surface area contributed by atoms with Crippen LogP contribution >= 0.6 is 0 Å². The zero-order valence-corrected chi connectivity index (χ0v) is 10.0. The molecule has 0 aliphatic heterocycles. The summed E-state index contributed by atoms with van der Waals surface area (Å²) in [6, 6.07) is 5.74. The number of anilines is 1. The molecule has 1 heterocycles. The number of nitrogens with one attached hydrogen (secondary N) is 2. The number of carboxylic acid groups (broad SMARTS) is 1.